The molecule has 0 amide bonds. The SMILES string of the molecule is CC(=O)C/C=C/C=O. The first-order valence-corrected chi connectivity index (χ1v) is 2.37. The Hall–Kier alpha value is -0.920. The molecule has 0 saturated heterocycles. The van der Waals surface area contributed by atoms with Crippen LogP contribution in [0.15, 0.2) is 12.2 Å². The van der Waals surface area contributed by atoms with E-state index in [1.807, 2.05) is 0 Å². The van der Waals surface area contributed by atoms with Crippen molar-refractivity contribution in [2.24, 2.45) is 0 Å². The average Bonchev–Trinajstić information content (AvgIpc) is 1.66. The lowest BCUT2D eigenvalue weighted by atomic mass is 10.3. The third-order valence-electron chi connectivity index (χ3n) is 0.620. The van der Waals surface area contributed by atoms with E-state index in [4.69, 9.17) is 0 Å². The molecule has 0 aromatic carbocycles. The Kier molecular flexibility index (Phi) is 3.76. The van der Waals surface area contributed by atoms with Gasteiger partial charge < -0.3 is 0 Å². The van der Waals surface area contributed by atoms with Crippen molar-refractivity contribution in [3.63, 3.8) is 0 Å². The maximum absolute atomic E-state index is 10.2. The second-order valence-corrected chi connectivity index (χ2v) is 1.47. The van der Waals surface area contributed by atoms with E-state index in [0.717, 1.165) is 0 Å². The van der Waals surface area contributed by atoms with Crippen molar-refractivity contribution >= 4 is 12.1 Å². The highest BCUT2D eigenvalue weighted by molar-refractivity contribution is 5.78. The van der Waals surface area contributed by atoms with Gasteiger partial charge in [-0.25, -0.2) is 0 Å². The van der Waals surface area contributed by atoms with Crippen molar-refractivity contribution in [3.05, 3.63) is 12.2 Å². The van der Waals surface area contributed by atoms with Crippen LogP contribution in [-0.2, 0) is 9.59 Å². The summed E-state index contributed by atoms with van der Waals surface area (Å²) in [6, 6.07) is 0. The molecule has 0 N–H and O–H groups in total. The summed E-state index contributed by atoms with van der Waals surface area (Å²) in [7, 11) is 0. The zero-order chi connectivity index (χ0) is 6.41. The summed E-state index contributed by atoms with van der Waals surface area (Å²) in [6.07, 6.45) is 3.87. The molecule has 8 heavy (non-hydrogen) atoms. The minimum atomic E-state index is 0.0723. The van der Waals surface area contributed by atoms with Crippen molar-refractivity contribution < 1.29 is 9.59 Å². The second kappa shape index (κ2) is 4.24. The highest BCUT2D eigenvalue weighted by atomic mass is 16.1. The fourth-order valence-corrected chi connectivity index (χ4v) is 0.290. The lowest BCUT2D eigenvalue weighted by Crippen LogP contribution is -1.83. The standard InChI is InChI=1S/C6H8O2/c1-6(8)4-2-3-5-7/h2-3,5H,4H2,1H3/b3-2+. The molecule has 0 bridgehead atoms. The molecule has 0 aliphatic carbocycles. The normalized spacial score (nSPS) is 9.62. The van der Waals surface area contributed by atoms with Crippen molar-refractivity contribution in [3.8, 4) is 0 Å². The average molecular weight is 112 g/mol. The number of hydrogen-bond donors (Lipinski definition) is 0. The van der Waals surface area contributed by atoms with E-state index in [-0.39, 0.29) is 5.78 Å². The Bertz CT molecular complexity index is 114. The summed E-state index contributed by atoms with van der Waals surface area (Å²) >= 11 is 0. The minimum Gasteiger partial charge on any atom is -0.300 e. The van der Waals surface area contributed by atoms with Gasteiger partial charge in [0.05, 0.1) is 0 Å². The van der Waals surface area contributed by atoms with Crippen molar-refractivity contribution in [1.82, 2.24) is 0 Å². The number of ketones is 1. The van der Waals surface area contributed by atoms with E-state index in [1.165, 1.54) is 19.1 Å². The van der Waals surface area contributed by atoms with Crippen LogP contribution in [0, 0.1) is 0 Å². The molecule has 0 aromatic heterocycles. The molecular weight excluding hydrogens is 104 g/mol. The Balaban J connectivity index is 3.29. The van der Waals surface area contributed by atoms with Crippen LogP contribution in [0.5, 0.6) is 0 Å². The number of aldehydes is 1. The quantitative estimate of drug-likeness (QED) is 0.398. The third-order valence-corrected chi connectivity index (χ3v) is 0.620. The smallest absolute Gasteiger partial charge is 0.142 e. The molecule has 0 aliphatic rings. The summed E-state index contributed by atoms with van der Waals surface area (Å²) in [5.41, 5.74) is 0. The molecule has 0 heterocycles. The highest BCUT2D eigenvalue weighted by Crippen LogP contribution is 1.81. The van der Waals surface area contributed by atoms with Gasteiger partial charge in [0.15, 0.2) is 0 Å². The van der Waals surface area contributed by atoms with Crippen molar-refractivity contribution in [2.45, 2.75) is 13.3 Å². The van der Waals surface area contributed by atoms with Gasteiger partial charge >= 0.3 is 0 Å². The lowest BCUT2D eigenvalue weighted by Gasteiger charge is -1.77. The zero-order valence-corrected chi connectivity index (χ0v) is 4.76. The van der Waals surface area contributed by atoms with Crippen LogP contribution in [0.3, 0.4) is 0 Å². The maximum Gasteiger partial charge on any atom is 0.142 e. The van der Waals surface area contributed by atoms with E-state index in [9.17, 15) is 9.59 Å². The number of Topliss-reactive ketones (excluding diaryl/α,β-unsaturated/α-hetero) is 1. The second-order valence-electron chi connectivity index (χ2n) is 1.47. The van der Waals surface area contributed by atoms with Crippen molar-refractivity contribution in [1.29, 1.82) is 0 Å². The predicted molar refractivity (Wildman–Crippen MR) is 30.5 cm³/mol. The van der Waals surface area contributed by atoms with Gasteiger partial charge in [0, 0.05) is 6.42 Å². The van der Waals surface area contributed by atoms with E-state index in [1.54, 1.807) is 0 Å². The van der Waals surface area contributed by atoms with Crippen LogP contribution < -0.4 is 0 Å². The van der Waals surface area contributed by atoms with Gasteiger partial charge in [0.1, 0.15) is 12.1 Å². The maximum atomic E-state index is 10.2. The van der Waals surface area contributed by atoms with Gasteiger partial charge in [-0.1, -0.05) is 6.08 Å². The molecule has 0 radical (unpaired) electrons. The number of carbonyl (C=O) groups excluding carboxylic acids is 2. The molecule has 0 fully saturated rings. The van der Waals surface area contributed by atoms with Crippen LogP contribution in [0.2, 0.25) is 0 Å². The van der Waals surface area contributed by atoms with Gasteiger partial charge in [0.25, 0.3) is 0 Å². The predicted octanol–water partition coefficient (Wildman–Crippen LogP) is 0.721. The van der Waals surface area contributed by atoms with Crippen LogP contribution in [0.1, 0.15) is 13.3 Å². The van der Waals surface area contributed by atoms with E-state index >= 15 is 0 Å². The largest absolute Gasteiger partial charge is 0.300 e. The van der Waals surface area contributed by atoms with Gasteiger partial charge in [0.2, 0.25) is 0 Å². The fourth-order valence-electron chi connectivity index (χ4n) is 0.290. The first-order valence-electron chi connectivity index (χ1n) is 2.37. The van der Waals surface area contributed by atoms with Crippen LogP contribution in [0.4, 0.5) is 0 Å². The number of hydrogen-bond acceptors (Lipinski definition) is 2. The summed E-state index contributed by atoms with van der Waals surface area (Å²) in [4.78, 5) is 19.7. The highest BCUT2D eigenvalue weighted by Gasteiger charge is 1.82. The topological polar surface area (TPSA) is 34.1 Å². The van der Waals surface area contributed by atoms with E-state index < -0.39 is 0 Å². The molecule has 0 unspecified atom stereocenters. The Morgan fingerprint density at radius 3 is 2.62 bits per heavy atom. The van der Waals surface area contributed by atoms with Gasteiger partial charge in [-0.2, -0.15) is 0 Å². The first-order chi connectivity index (χ1) is 3.77. The molecule has 0 saturated carbocycles. The van der Waals surface area contributed by atoms with Gasteiger partial charge in [-0.05, 0) is 13.0 Å². The Morgan fingerprint density at radius 1 is 1.62 bits per heavy atom. The fraction of sp³-hybridized carbons (Fsp3) is 0.333. The van der Waals surface area contributed by atoms with E-state index in [0.29, 0.717) is 12.7 Å². The molecule has 0 atom stereocenters. The van der Waals surface area contributed by atoms with Crippen LogP contribution in [0.25, 0.3) is 0 Å². The molecule has 0 rings (SSSR count). The molecule has 2 heteroatoms. The number of rotatable bonds is 3. The molecular formula is C6H8O2. The van der Waals surface area contributed by atoms with Gasteiger partial charge in [-0.15, -0.1) is 0 Å². The van der Waals surface area contributed by atoms with Gasteiger partial charge in [-0.3, -0.25) is 9.59 Å². The van der Waals surface area contributed by atoms with Crippen LogP contribution >= 0.6 is 0 Å². The lowest BCUT2D eigenvalue weighted by molar-refractivity contribution is -0.116. The molecule has 0 aliphatic heterocycles. The number of allylic oxidation sites excluding steroid dienone is 2. The summed E-state index contributed by atoms with van der Waals surface area (Å²) in [6.45, 7) is 1.48. The van der Waals surface area contributed by atoms with E-state index in [2.05, 4.69) is 0 Å². The Morgan fingerprint density at radius 2 is 2.25 bits per heavy atom. The molecule has 0 spiro atoms. The number of carbonyl (C=O) groups is 2. The summed E-state index contributed by atoms with van der Waals surface area (Å²) < 4.78 is 0. The molecule has 0 aromatic rings. The molecule has 44 valence electrons. The zero-order valence-electron chi connectivity index (χ0n) is 4.76. The van der Waals surface area contributed by atoms with Crippen molar-refractivity contribution in [2.75, 3.05) is 0 Å². The summed E-state index contributed by atoms with van der Waals surface area (Å²) in [5.74, 6) is 0.0723. The third kappa shape index (κ3) is 5.08. The summed E-state index contributed by atoms with van der Waals surface area (Å²) in [5, 5.41) is 0. The van der Waals surface area contributed by atoms with Crippen LogP contribution in [-0.4, -0.2) is 12.1 Å². The Labute approximate surface area is 48.2 Å². The minimum absolute atomic E-state index is 0.0723. The molecule has 2 nitrogen and oxygen atoms in total. The monoisotopic (exact) mass is 112 g/mol. The first kappa shape index (κ1) is 7.08.